The Kier molecular flexibility index (Phi) is 1.68. The van der Waals surface area contributed by atoms with Crippen molar-refractivity contribution < 1.29 is 9.52 Å². The highest BCUT2D eigenvalue weighted by molar-refractivity contribution is 5.02. The zero-order chi connectivity index (χ0) is 7.68. The van der Waals surface area contributed by atoms with Crippen LogP contribution in [0.1, 0.15) is 11.9 Å². The minimum absolute atomic E-state index is 0.451. The summed E-state index contributed by atoms with van der Waals surface area (Å²) in [6.07, 6.45) is 1.13. The Bertz CT molecular complexity index is 216. The number of aliphatic hydroxyl groups is 1. The number of aliphatic hydroxyl groups excluding tert-OH is 1. The highest BCUT2D eigenvalue weighted by Gasteiger charge is 2.22. The van der Waals surface area contributed by atoms with Gasteiger partial charge in [-0.3, -0.25) is 4.90 Å². The average molecular weight is 153 g/mol. The number of nitrogens with zero attached hydrogens (tertiary/aromatic N) is 1. The standard InChI is InChI=1S/C8H11NO2/c10-7(6-9-3-4-9)8-2-1-5-11-8/h1-2,5,7,10H,3-4,6H2. The van der Waals surface area contributed by atoms with Gasteiger partial charge >= 0.3 is 0 Å². The molecule has 0 aliphatic carbocycles. The Labute approximate surface area is 65.2 Å². The van der Waals surface area contributed by atoms with Gasteiger partial charge in [-0.2, -0.15) is 0 Å². The third-order valence-electron chi connectivity index (χ3n) is 1.84. The van der Waals surface area contributed by atoms with E-state index in [1.54, 1.807) is 18.4 Å². The van der Waals surface area contributed by atoms with Crippen LogP contribution in [0.4, 0.5) is 0 Å². The molecule has 1 fully saturated rings. The van der Waals surface area contributed by atoms with E-state index in [1.807, 2.05) is 0 Å². The molecule has 1 atom stereocenters. The van der Waals surface area contributed by atoms with Crippen molar-refractivity contribution in [2.75, 3.05) is 19.6 Å². The predicted octanol–water partition coefficient (Wildman–Crippen LogP) is 0.629. The molecule has 0 aromatic carbocycles. The van der Waals surface area contributed by atoms with E-state index in [-0.39, 0.29) is 0 Å². The first-order chi connectivity index (χ1) is 5.36. The number of furan rings is 1. The Morgan fingerprint density at radius 1 is 1.64 bits per heavy atom. The largest absolute Gasteiger partial charge is 0.467 e. The van der Waals surface area contributed by atoms with E-state index >= 15 is 0 Å². The fraction of sp³-hybridized carbons (Fsp3) is 0.500. The second-order valence-corrected chi connectivity index (χ2v) is 2.83. The predicted molar refractivity (Wildman–Crippen MR) is 40.1 cm³/mol. The molecule has 1 aliphatic rings. The molecule has 1 unspecified atom stereocenters. The molecular formula is C8H11NO2. The van der Waals surface area contributed by atoms with Crippen LogP contribution in [-0.4, -0.2) is 29.6 Å². The molecule has 0 saturated carbocycles. The van der Waals surface area contributed by atoms with Gasteiger partial charge in [-0.25, -0.2) is 0 Å². The highest BCUT2D eigenvalue weighted by atomic mass is 16.4. The van der Waals surface area contributed by atoms with E-state index in [0.29, 0.717) is 12.3 Å². The van der Waals surface area contributed by atoms with Gasteiger partial charge in [-0.15, -0.1) is 0 Å². The van der Waals surface area contributed by atoms with Crippen molar-refractivity contribution in [1.82, 2.24) is 4.90 Å². The van der Waals surface area contributed by atoms with Crippen LogP contribution in [0.5, 0.6) is 0 Å². The summed E-state index contributed by atoms with van der Waals surface area (Å²) in [5.74, 6) is 0.664. The third-order valence-corrected chi connectivity index (χ3v) is 1.84. The van der Waals surface area contributed by atoms with Crippen molar-refractivity contribution in [3.63, 3.8) is 0 Å². The monoisotopic (exact) mass is 153 g/mol. The molecule has 1 aromatic rings. The SMILES string of the molecule is OC(CN1CC1)c1ccco1. The van der Waals surface area contributed by atoms with E-state index in [2.05, 4.69) is 4.90 Å². The van der Waals surface area contributed by atoms with E-state index in [9.17, 15) is 5.11 Å². The molecule has 0 bridgehead atoms. The lowest BCUT2D eigenvalue weighted by molar-refractivity contribution is 0.131. The van der Waals surface area contributed by atoms with Crippen LogP contribution in [0.15, 0.2) is 22.8 Å². The summed E-state index contributed by atoms with van der Waals surface area (Å²) in [5, 5.41) is 9.48. The second kappa shape index (κ2) is 2.68. The fourth-order valence-corrected chi connectivity index (χ4v) is 1.07. The first-order valence-electron chi connectivity index (χ1n) is 3.80. The minimum atomic E-state index is -0.451. The summed E-state index contributed by atoms with van der Waals surface area (Å²) in [6.45, 7) is 2.92. The van der Waals surface area contributed by atoms with Gasteiger partial charge in [-0.1, -0.05) is 0 Å². The Balaban J connectivity index is 1.93. The average Bonchev–Trinajstić information content (AvgIpc) is 2.67. The van der Waals surface area contributed by atoms with Gasteiger partial charge in [0.05, 0.1) is 6.26 Å². The van der Waals surface area contributed by atoms with Crippen LogP contribution >= 0.6 is 0 Å². The van der Waals surface area contributed by atoms with Crippen molar-refractivity contribution >= 4 is 0 Å². The molecule has 3 heteroatoms. The lowest BCUT2D eigenvalue weighted by Crippen LogP contribution is -2.10. The van der Waals surface area contributed by atoms with Gasteiger partial charge in [0.15, 0.2) is 0 Å². The van der Waals surface area contributed by atoms with Gasteiger partial charge in [-0.05, 0) is 12.1 Å². The molecule has 1 N–H and O–H groups in total. The molecule has 3 nitrogen and oxygen atoms in total. The van der Waals surface area contributed by atoms with Crippen molar-refractivity contribution in [1.29, 1.82) is 0 Å². The van der Waals surface area contributed by atoms with Gasteiger partial charge in [0.2, 0.25) is 0 Å². The Morgan fingerprint density at radius 2 is 2.45 bits per heavy atom. The quantitative estimate of drug-likeness (QED) is 0.647. The lowest BCUT2D eigenvalue weighted by atomic mass is 10.3. The van der Waals surface area contributed by atoms with Crippen LogP contribution < -0.4 is 0 Å². The summed E-state index contributed by atoms with van der Waals surface area (Å²) >= 11 is 0. The van der Waals surface area contributed by atoms with E-state index < -0.39 is 6.10 Å². The van der Waals surface area contributed by atoms with Crippen molar-refractivity contribution in [2.45, 2.75) is 6.10 Å². The Morgan fingerprint density at radius 3 is 3.00 bits per heavy atom. The maximum atomic E-state index is 9.48. The zero-order valence-corrected chi connectivity index (χ0v) is 6.23. The number of β-amino-alcohol motifs (C(OH)–C–C–N with tert-alkyl or cyclic N) is 1. The molecule has 60 valence electrons. The second-order valence-electron chi connectivity index (χ2n) is 2.83. The molecule has 0 amide bonds. The smallest absolute Gasteiger partial charge is 0.133 e. The Hall–Kier alpha value is -0.800. The highest BCUT2D eigenvalue weighted by Crippen LogP contribution is 2.17. The first kappa shape index (κ1) is 6.88. The molecule has 0 radical (unpaired) electrons. The molecule has 1 aromatic heterocycles. The molecule has 2 heterocycles. The number of hydrogen-bond acceptors (Lipinski definition) is 3. The molecular weight excluding hydrogens is 142 g/mol. The van der Waals surface area contributed by atoms with Crippen LogP contribution in [0, 0.1) is 0 Å². The number of hydrogen-bond donors (Lipinski definition) is 1. The minimum Gasteiger partial charge on any atom is -0.467 e. The molecule has 11 heavy (non-hydrogen) atoms. The van der Waals surface area contributed by atoms with Crippen LogP contribution in [0.3, 0.4) is 0 Å². The normalized spacial score (nSPS) is 20.1. The summed E-state index contributed by atoms with van der Waals surface area (Å²) in [5.41, 5.74) is 0. The van der Waals surface area contributed by atoms with Gasteiger partial charge in [0.25, 0.3) is 0 Å². The lowest BCUT2D eigenvalue weighted by Gasteiger charge is -2.06. The van der Waals surface area contributed by atoms with Crippen LogP contribution in [0.2, 0.25) is 0 Å². The summed E-state index contributed by atoms with van der Waals surface area (Å²) < 4.78 is 5.05. The topological polar surface area (TPSA) is 36.4 Å². The first-order valence-corrected chi connectivity index (χ1v) is 3.80. The maximum absolute atomic E-state index is 9.48. The van der Waals surface area contributed by atoms with Gasteiger partial charge < -0.3 is 9.52 Å². The third kappa shape index (κ3) is 1.61. The van der Waals surface area contributed by atoms with Gasteiger partial charge in [0.1, 0.15) is 11.9 Å². The maximum Gasteiger partial charge on any atom is 0.133 e. The summed E-state index contributed by atoms with van der Waals surface area (Å²) in [6, 6.07) is 3.59. The van der Waals surface area contributed by atoms with Crippen LogP contribution in [-0.2, 0) is 0 Å². The van der Waals surface area contributed by atoms with E-state index in [4.69, 9.17) is 4.42 Å². The fourth-order valence-electron chi connectivity index (χ4n) is 1.07. The summed E-state index contributed by atoms with van der Waals surface area (Å²) in [4.78, 5) is 2.16. The molecule has 2 rings (SSSR count). The summed E-state index contributed by atoms with van der Waals surface area (Å²) in [7, 11) is 0. The number of rotatable bonds is 3. The molecule has 0 spiro atoms. The molecule has 1 aliphatic heterocycles. The van der Waals surface area contributed by atoms with Crippen molar-refractivity contribution in [3.05, 3.63) is 24.2 Å². The zero-order valence-electron chi connectivity index (χ0n) is 6.23. The van der Waals surface area contributed by atoms with Crippen molar-refractivity contribution in [3.8, 4) is 0 Å². The van der Waals surface area contributed by atoms with E-state index in [0.717, 1.165) is 13.1 Å². The molecule has 1 saturated heterocycles. The van der Waals surface area contributed by atoms with Crippen molar-refractivity contribution in [2.24, 2.45) is 0 Å². The van der Waals surface area contributed by atoms with E-state index in [1.165, 1.54) is 0 Å². The van der Waals surface area contributed by atoms with Gasteiger partial charge in [0, 0.05) is 19.6 Å². The van der Waals surface area contributed by atoms with Crippen LogP contribution in [0.25, 0.3) is 0 Å².